The summed E-state index contributed by atoms with van der Waals surface area (Å²) >= 11 is 0. The van der Waals surface area contributed by atoms with Crippen LogP contribution in [0, 0.1) is 17.5 Å². The van der Waals surface area contributed by atoms with Crippen LogP contribution in [0.5, 0.6) is 5.75 Å². The zero-order valence-electron chi connectivity index (χ0n) is 15.3. The standard InChI is InChI=1S/C21H20F6O/c1-2-3-4-5-12-8-15(22)19(16(23)9-12)14-10-13-6-7-18(21(25,26)27)28-20(13)17(24)11-14/h8-11,18H,2-7H2,1H3. The second-order valence-corrected chi connectivity index (χ2v) is 7.02. The monoisotopic (exact) mass is 402 g/mol. The summed E-state index contributed by atoms with van der Waals surface area (Å²) in [5.74, 6) is -3.21. The van der Waals surface area contributed by atoms with E-state index >= 15 is 0 Å². The zero-order chi connectivity index (χ0) is 20.5. The molecule has 1 aliphatic heterocycles. The van der Waals surface area contributed by atoms with Gasteiger partial charge in [0.2, 0.25) is 0 Å². The van der Waals surface area contributed by atoms with Gasteiger partial charge in [-0.2, -0.15) is 13.2 Å². The number of alkyl halides is 3. The summed E-state index contributed by atoms with van der Waals surface area (Å²) < 4.78 is 86.7. The first-order valence-electron chi connectivity index (χ1n) is 9.24. The minimum atomic E-state index is -4.60. The SMILES string of the molecule is CCCCCc1cc(F)c(-c2cc(F)c3c(c2)CCC(C(F)(F)F)O3)c(F)c1. The van der Waals surface area contributed by atoms with Crippen molar-refractivity contribution in [1.82, 2.24) is 0 Å². The molecule has 1 aliphatic rings. The van der Waals surface area contributed by atoms with Crippen molar-refractivity contribution >= 4 is 0 Å². The summed E-state index contributed by atoms with van der Waals surface area (Å²) in [5, 5.41) is 0. The molecule has 28 heavy (non-hydrogen) atoms. The van der Waals surface area contributed by atoms with Crippen molar-refractivity contribution in [1.29, 1.82) is 0 Å². The summed E-state index contributed by atoms with van der Waals surface area (Å²) in [4.78, 5) is 0. The molecule has 2 aromatic carbocycles. The molecule has 0 spiro atoms. The van der Waals surface area contributed by atoms with Crippen molar-refractivity contribution in [2.45, 2.75) is 57.7 Å². The molecule has 1 nitrogen and oxygen atoms in total. The summed E-state index contributed by atoms with van der Waals surface area (Å²) in [6.07, 6.45) is -3.89. The van der Waals surface area contributed by atoms with Gasteiger partial charge < -0.3 is 4.74 Å². The summed E-state index contributed by atoms with van der Waals surface area (Å²) in [7, 11) is 0. The van der Waals surface area contributed by atoms with Crippen LogP contribution < -0.4 is 4.74 Å². The summed E-state index contributed by atoms with van der Waals surface area (Å²) in [5.41, 5.74) is 0.239. The van der Waals surface area contributed by atoms with Crippen LogP contribution in [0.2, 0.25) is 0 Å². The molecule has 0 saturated heterocycles. The second kappa shape index (κ2) is 8.05. The molecule has 0 N–H and O–H groups in total. The van der Waals surface area contributed by atoms with Gasteiger partial charge in [-0.3, -0.25) is 0 Å². The molecule has 7 heteroatoms. The Kier molecular flexibility index (Phi) is 5.91. The topological polar surface area (TPSA) is 9.23 Å². The molecule has 1 unspecified atom stereocenters. The van der Waals surface area contributed by atoms with E-state index in [0.717, 1.165) is 25.3 Å². The highest BCUT2D eigenvalue weighted by Crippen LogP contribution is 2.40. The van der Waals surface area contributed by atoms with E-state index in [0.29, 0.717) is 12.0 Å². The van der Waals surface area contributed by atoms with Crippen molar-refractivity contribution in [3.8, 4) is 16.9 Å². The third-order valence-electron chi connectivity index (χ3n) is 4.88. The lowest BCUT2D eigenvalue weighted by Gasteiger charge is -2.28. The molecule has 1 atom stereocenters. The van der Waals surface area contributed by atoms with Crippen LogP contribution in [-0.2, 0) is 12.8 Å². The molecule has 0 bridgehead atoms. The highest BCUT2D eigenvalue weighted by Gasteiger charge is 2.44. The van der Waals surface area contributed by atoms with E-state index in [1.165, 1.54) is 18.2 Å². The van der Waals surface area contributed by atoms with Crippen LogP contribution in [0.1, 0.15) is 43.7 Å². The van der Waals surface area contributed by atoms with E-state index in [1.54, 1.807) is 0 Å². The lowest BCUT2D eigenvalue weighted by atomic mass is 9.94. The van der Waals surface area contributed by atoms with Gasteiger partial charge in [-0.1, -0.05) is 19.8 Å². The molecule has 0 radical (unpaired) electrons. The Morgan fingerprint density at radius 3 is 2.25 bits per heavy atom. The fourth-order valence-electron chi connectivity index (χ4n) is 3.46. The number of rotatable bonds is 5. The first kappa shape index (κ1) is 20.6. The van der Waals surface area contributed by atoms with Crippen molar-refractivity contribution in [3.05, 3.63) is 52.8 Å². The number of unbranched alkanes of at least 4 members (excludes halogenated alkanes) is 2. The predicted molar refractivity (Wildman–Crippen MR) is 93.8 cm³/mol. The second-order valence-electron chi connectivity index (χ2n) is 7.02. The molecule has 1 heterocycles. The Morgan fingerprint density at radius 1 is 0.964 bits per heavy atom. The number of halogens is 6. The van der Waals surface area contributed by atoms with Crippen LogP contribution in [0.3, 0.4) is 0 Å². The van der Waals surface area contributed by atoms with Crippen molar-refractivity contribution < 1.29 is 31.1 Å². The Hall–Kier alpha value is -2.18. The smallest absolute Gasteiger partial charge is 0.425 e. The van der Waals surface area contributed by atoms with Gasteiger partial charge in [0.1, 0.15) is 11.6 Å². The Bertz CT molecular complexity index is 836. The van der Waals surface area contributed by atoms with Crippen LogP contribution in [0.15, 0.2) is 24.3 Å². The van der Waals surface area contributed by atoms with Gasteiger partial charge in [-0.25, -0.2) is 13.2 Å². The maximum atomic E-state index is 14.5. The van der Waals surface area contributed by atoms with Gasteiger partial charge in [-0.05, 0) is 66.6 Å². The van der Waals surface area contributed by atoms with E-state index in [2.05, 4.69) is 0 Å². The third-order valence-corrected chi connectivity index (χ3v) is 4.88. The van der Waals surface area contributed by atoms with E-state index in [9.17, 15) is 26.3 Å². The van der Waals surface area contributed by atoms with Gasteiger partial charge in [-0.15, -0.1) is 0 Å². The van der Waals surface area contributed by atoms with E-state index in [-0.39, 0.29) is 29.5 Å². The van der Waals surface area contributed by atoms with Crippen molar-refractivity contribution in [3.63, 3.8) is 0 Å². The van der Waals surface area contributed by atoms with Crippen LogP contribution >= 0.6 is 0 Å². The molecular formula is C21H20F6O. The van der Waals surface area contributed by atoms with Crippen molar-refractivity contribution in [2.75, 3.05) is 0 Å². The first-order valence-corrected chi connectivity index (χ1v) is 9.24. The van der Waals surface area contributed by atoms with E-state index in [1.807, 2.05) is 6.92 Å². The quantitative estimate of drug-likeness (QED) is 0.397. The molecule has 3 rings (SSSR count). The normalized spacial score (nSPS) is 16.6. The summed E-state index contributed by atoms with van der Waals surface area (Å²) in [6.45, 7) is 2.02. The van der Waals surface area contributed by atoms with Crippen LogP contribution in [-0.4, -0.2) is 12.3 Å². The number of fused-ring (bicyclic) bond motifs is 1. The molecule has 2 aromatic rings. The van der Waals surface area contributed by atoms with E-state index in [4.69, 9.17) is 4.74 Å². The Balaban J connectivity index is 1.92. The molecule has 152 valence electrons. The minimum absolute atomic E-state index is 0.0552. The summed E-state index contributed by atoms with van der Waals surface area (Å²) in [6, 6.07) is 4.56. The third kappa shape index (κ3) is 4.28. The largest absolute Gasteiger partial charge is 0.478 e. The number of hydrogen-bond acceptors (Lipinski definition) is 1. The van der Waals surface area contributed by atoms with Crippen LogP contribution in [0.25, 0.3) is 11.1 Å². The van der Waals surface area contributed by atoms with Gasteiger partial charge in [0, 0.05) is 0 Å². The van der Waals surface area contributed by atoms with Gasteiger partial charge in [0.05, 0.1) is 5.56 Å². The van der Waals surface area contributed by atoms with Gasteiger partial charge in [0.15, 0.2) is 17.7 Å². The van der Waals surface area contributed by atoms with Gasteiger partial charge >= 0.3 is 6.18 Å². The number of benzene rings is 2. The maximum Gasteiger partial charge on any atom is 0.425 e. The fourth-order valence-corrected chi connectivity index (χ4v) is 3.46. The average molecular weight is 402 g/mol. The minimum Gasteiger partial charge on any atom is -0.478 e. The van der Waals surface area contributed by atoms with Crippen molar-refractivity contribution in [2.24, 2.45) is 0 Å². The zero-order valence-corrected chi connectivity index (χ0v) is 15.3. The predicted octanol–water partition coefficient (Wildman–Crippen LogP) is 6.76. The highest BCUT2D eigenvalue weighted by molar-refractivity contribution is 5.68. The average Bonchev–Trinajstić information content (AvgIpc) is 2.60. The van der Waals surface area contributed by atoms with Crippen LogP contribution in [0.4, 0.5) is 26.3 Å². The molecule has 0 saturated carbocycles. The highest BCUT2D eigenvalue weighted by atomic mass is 19.4. The fraction of sp³-hybridized carbons (Fsp3) is 0.429. The maximum absolute atomic E-state index is 14.5. The molecule has 0 aromatic heterocycles. The number of hydrogen-bond donors (Lipinski definition) is 0. The lowest BCUT2D eigenvalue weighted by molar-refractivity contribution is -0.199. The molecular weight excluding hydrogens is 382 g/mol. The van der Waals surface area contributed by atoms with Gasteiger partial charge in [0.25, 0.3) is 0 Å². The van der Waals surface area contributed by atoms with E-state index < -0.39 is 35.5 Å². The molecule has 0 amide bonds. The number of ether oxygens (including phenoxy) is 1. The first-order chi connectivity index (χ1) is 13.2. The Morgan fingerprint density at radius 2 is 1.64 bits per heavy atom. The number of aryl methyl sites for hydroxylation is 2. The molecule has 0 aliphatic carbocycles. The molecule has 0 fully saturated rings. The lowest BCUT2D eigenvalue weighted by Crippen LogP contribution is -2.37. The Labute approximate surface area is 159 Å².